The molecule has 0 aliphatic heterocycles. The van der Waals surface area contributed by atoms with Crippen molar-refractivity contribution in [2.24, 2.45) is 5.92 Å². The van der Waals surface area contributed by atoms with Crippen LogP contribution in [0.5, 0.6) is 0 Å². The van der Waals surface area contributed by atoms with E-state index in [-0.39, 0.29) is 16.1 Å². The molecular weight excluding hydrogens is 665 g/mol. The highest BCUT2D eigenvalue weighted by molar-refractivity contribution is 6.53. The van der Waals surface area contributed by atoms with Crippen LogP contribution in [0.1, 0.15) is 21.8 Å². The smallest absolute Gasteiger partial charge is 0.326 e. The molecule has 1 fully saturated rings. The van der Waals surface area contributed by atoms with E-state index in [1.54, 1.807) is 5.32 Å². The number of hydrogen-bond donors (Lipinski definition) is 3. The van der Waals surface area contributed by atoms with Crippen LogP contribution in [-0.2, 0) is 9.59 Å². The summed E-state index contributed by atoms with van der Waals surface area (Å²) in [6, 6.07) is 5.94. The number of amides is 3. The lowest BCUT2D eigenvalue weighted by molar-refractivity contribution is -0.167. The largest absolute Gasteiger partial charge is 0.471 e. The second kappa shape index (κ2) is 11.4. The van der Waals surface area contributed by atoms with Gasteiger partial charge in [-0.2, -0.15) is 13.2 Å². The summed E-state index contributed by atoms with van der Waals surface area (Å²) in [6.45, 7) is 0. The monoisotopic (exact) mass is 675 g/mol. The summed E-state index contributed by atoms with van der Waals surface area (Å²) in [6.07, 6.45) is -5.43. The van der Waals surface area contributed by atoms with Crippen molar-refractivity contribution < 1.29 is 45.1 Å². The van der Waals surface area contributed by atoms with Crippen LogP contribution >= 0.6 is 46.4 Å². The molecule has 6 nitrogen and oxygen atoms in total. The number of benzene rings is 3. The Kier molecular flexibility index (Phi) is 8.62. The SMILES string of the molecule is O=C(Nc1cc(NC(=O)C(F)(F)F)c(F)cc1F)c1cc(NC(=O)C2[C@H](c3ccc(Cl)c(Cl)c3)C2(Cl)Cl)cc(F)c1F. The van der Waals surface area contributed by atoms with Crippen LogP contribution in [0.2, 0.25) is 10.0 Å². The topological polar surface area (TPSA) is 87.3 Å². The zero-order valence-electron chi connectivity index (χ0n) is 20.1. The van der Waals surface area contributed by atoms with Crippen LogP contribution in [0, 0.1) is 29.2 Å². The lowest BCUT2D eigenvalue weighted by Gasteiger charge is -2.13. The van der Waals surface area contributed by atoms with E-state index in [0.29, 0.717) is 23.8 Å². The number of carbonyl (C=O) groups is 3. The minimum Gasteiger partial charge on any atom is -0.326 e. The molecule has 0 spiro atoms. The first-order chi connectivity index (χ1) is 19.4. The fourth-order valence-corrected chi connectivity index (χ4v) is 5.08. The lowest BCUT2D eigenvalue weighted by atomic mass is 10.1. The van der Waals surface area contributed by atoms with E-state index in [1.165, 1.54) is 18.2 Å². The summed E-state index contributed by atoms with van der Waals surface area (Å²) in [5.41, 5.74) is -3.26. The van der Waals surface area contributed by atoms with Gasteiger partial charge in [0.25, 0.3) is 5.91 Å². The molecule has 1 saturated carbocycles. The van der Waals surface area contributed by atoms with Crippen molar-refractivity contribution in [3.8, 4) is 0 Å². The molecule has 0 bridgehead atoms. The maximum atomic E-state index is 14.5. The van der Waals surface area contributed by atoms with Gasteiger partial charge in [0, 0.05) is 23.7 Å². The number of carbonyl (C=O) groups excluding carboxylic acids is 3. The van der Waals surface area contributed by atoms with Crippen LogP contribution < -0.4 is 16.0 Å². The molecule has 0 radical (unpaired) electrons. The molecule has 3 aromatic rings. The van der Waals surface area contributed by atoms with E-state index in [0.717, 1.165) is 5.32 Å². The summed E-state index contributed by atoms with van der Waals surface area (Å²) >= 11 is 24.4. The summed E-state index contributed by atoms with van der Waals surface area (Å²) in [7, 11) is 0. The van der Waals surface area contributed by atoms with E-state index in [9.17, 15) is 45.1 Å². The molecule has 17 heteroatoms. The normalized spacial score (nSPS) is 17.4. The third kappa shape index (κ3) is 6.38. The van der Waals surface area contributed by atoms with Crippen molar-refractivity contribution in [3.05, 3.63) is 86.9 Å². The molecule has 0 heterocycles. The Bertz CT molecular complexity index is 1640. The van der Waals surface area contributed by atoms with Gasteiger partial charge in [0.2, 0.25) is 5.91 Å². The molecular formula is C25H12Cl4F7N3O3. The zero-order valence-corrected chi connectivity index (χ0v) is 23.1. The highest BCUT2D eigenvalue weighted by atomic mass is 35.5. The molecule has 0 saturated heterocycles. The fraction of sp³-hybridized carbons (Fsp3) is 0.160. The van der Waals surface area contributed by atoms with Gasteiger partial charge in [0.05, 0.1) is 32.9 Å². The van der Waals surface area contributed by atoms with E-state index in [1.807, 2.05) is 0 Å². The zero-order chi connectivity index (χ0) is 31.3. The molecule has 42 heavy (non-hydrogen) atoms. The van der Waals surface area contributed by atoms with Gasteiger partial charge in [-0.15, -0.1) is 23.2 Å². The van der Waals surface area contributed by atoms with Crippen LogP contribution in [0.25, 0.3) is 0 Å². The van der Waals surface area contributed by atoms with Crippen molar-refractivity contribution in [1.29, 1.82) is 0 Å². The molecule has 1 unspecified atom stereocenters. The molecule has 3 amide bonds. The van der Waals surface area contributed by atoms with Crippen LogP contribution in [0.4, 0.5) is 47.8 Å². The Hall–Kier alpha value is -3.26. The van der Waals surface area contributed by atoms with Gasteiger partial charge >= 0.3 is 12.1 Å². The highest BCUT2D eigenvalue weighted by Crippen LogP contribution is 2.65. The van der Waals surface area contributed by atoms with E-state index in [4.69, 9.17) is 46.4 Å². The third-order valence-corrected chi connectivity index (χ3v) is 7.67. The number of halogens is 11. The lowest BCUT2D eigenvalue weighted by Crippen LogP contribution is -2.30. The van der Waals surface area contributed by atoms with E-state index >= 15 is 0 Å². The Morgan fingerprint density at radius 1 is 0.762 bits per heavy atom. The van der Waals surface area contributed by atoms with E-state index in [2.05, 4.69) is 5.32 Å². The van der Waals surface area contributed by atoms with Crippen LogP contribution in [0.3, 0.4) is 0 Å². The molecule has 3 aromatic carbocycles. The summed E-state index contributed by atoms with van der Waals surface area (Å²) in [5, 5.41) is 5.53. The molecule has 1 aliphatic carbocycles. The molecule has 2 atom stereocenters. The van der Waals surface area contributed by atoms with Crippen molar-refractivity contribution in [1.82, 2.24) is 0 Å². The number of alkyl halides is 5. The summed E-state index contributed by atoms with van der Waals surface area (Å²) in [5.74, 6) is -13.4. The van der Waals surface area contributed by atoms with Crippen LogP contribution in [0.15, 0.2) is 42.5 Å². The Labute approximate surface area is 251 Å². The van der Waals surface area contributed by atoms with Crippen molar-refractivity contribution in [3.63, 3.8) is 0 Å². The minimum atomic E-state index is -5.43. The highest BCUT2D eigenvalue weighted by Gasteiger charge is 2.67. The second-order valence-electron chi connectivity index (χ2n) is 8.83. The molecule has 0 aromatic heterocycles. The fourth-order valence-electron chi connectivity index (χ4n) is 3.94. The maximum absolute atomic E-state index is 14.5. The number of anilines is 3. The number of nitrogens with one attached hydrogen (secondary N) is 3. The van der Waals surface area contributed by atoms with Crippen molar-refractivity contribution in [2.45, 2.75) is 16.4 Å². The second-order valence-corrected chi connectivity index (χ2v) is 11.1. The molecule has 4 rings (SSSR count). The number of hydrogen-bond acceptors (Lipinski definition) is 3. The Balaban J connectivity index is 1.55. The average Bonchev–Trinajstić information content (AvgIpc) is 3.46. The predicted octanol–water partition coefficient (Wildman–Crippen LogP) is 7.83. The van der Waals surface area contributed by atoms with E-state index < -0.39 is 86.0 Å². The minimum absolute atomic E-state index is 0.0413. The van der Waals surface area contributed by atoms with Gasteiger partial charge in [-0.1, -0.05) is 29.3 Å². The van der Waals surface area contributed by atoms with Gasteiger partial charge in [0.1, 0.15) is 16.0 Å². The number of rotatable bonds is 6. The first-order valence-corrected chi connectivity index (χ1v) is 12.7. The molecule has 1 aliphatic rings. The Morgan fingerprint density at radius 2 is 1.38 bits per heavy atom. The maximum Gasteiger partial charge on any atom is 0.471 e. The molecule has 3 N–H and O–H groups in total. The summed E-state index contributed by atoms with van der Waals surface area (Å²) in [4.78, 5) is 36.7. The van der Waals surface area contributed by atoms with Crippen molar-refractivity contribution >= 4 is 81.2 Å². The third-order valence-electron chi connectivity index (χ3n) is 5.99. The van der Waals surface area contributed by atoms with Gasteiger partial charge in [-0.05, 0) is 29.8 Å². The van der Waals surface area contributed by atoms with Gasteiger partial charge in [-0.3, -0.25) is 14.4 Å². The average molecular weight is 677 g/mol. The Morgan fingerprint density at radius 3 is 1.98 bits per heavy atom. The first kappa shape index (κ1) is 31.7. The molecule has 222 valence electrons. The standard InChI is InChI=1S/C25H12Cl4F7N3O3/c26-11-2-1-8(3-12(11)27)18-19(24(18,28)29)22(41)37-9-4-10(20(33)15(32)5-9)21(40)38-16-7-17(14(31)6-13(16)30)39-23(42)25(34,35)36/h1-7,18-19H,(H,37,41)(H,38,40)(H,39,42)/t18-,19?/m0/s1. The van der Waals surface area contributed by atoms with Crippen molar-refractivity contribution in [2.75, 3.05) is 16.0 Å². The van der Waals surface area contributed by atoms with Gasteiger partial charge in [0.15, 0.2) is 11.6 Å². The first-order valence-electron chi connectivity index (χ1n) is 11.2. The summed E-state index contributed by atoms with van der Waals surface area (Å²) < 4.78 is 93.0. The van der Waals surface area contributed by atoms with Crippen LogP contribution in [-0.4, -0.2) is 28.2 Å². The van der Waals surface area contributed by atoms with Gasteiger partial charge in [-0.25, -0.2) is 17.6 Å². The predicted molar refractivity (Wildman–Crippen MR) is 141 cm³/mol. The van der Waals surface area contributed by atoms with Gasteiger partial charge < -0.3 is 16.0 Å². The quantitative estimate of drug-likeness (QED) is 0.184.